The van der Waals surface area contributed by atoms with Crippen molar-refractivity contribution in [2.45, 2.75) is 19.0 Å². The molecule has 1 N–H and O–H groups in total. The number of ether oxygens (including phenoxy) is 1. The first-order valence-electron chi connectivity index (χ1n) is 10.1. The molecule has 3 aromatic rings. The highest BCUT2D eigenvalue weighted by Crippen LogP contribution is 2.34. The van der Waals surface area contributed by atoms with Gasteiger partial charge in [-0.25, -0.2) is 5.01 Å². The minimum absolute atomic E-state index is 0.0449. The second kappa shape index (κ2) is 9.57. The monoisotopic (exact) mass is 446 g/mol. The Morgan fingerprint density at radius 1 is 1.16 bits per heavy atom. The van der Waals surface area contributed by atoms with Crippen molar-refractivity contribution >= 4 is 28.7 Å². The van der Waals surface area contributed by atoms with Crippen molar-refractivity contribution in [2.75, 3.05) is 7.11 Å². The smallest absolute Gasteiger partial charge is 0.269 e. The molecule has 0 aromatic heterocycles. The highest BCUT2D eigenvalue weighted by Gasteiger charge is 2.32. The van der Waals surface area contributed by atoms with Gasteiger partial charge in [0.05, 0.1) is 23.8 Å². The van der Waals surface area contributed by atoms with Crippen LogP contribution in [0.4, 0.5) is 5.69 Å². The lowest BCUT2D eigenvalue weighted by molar-refractivity contribution is -0.384. The fraction of sp³-hybridized carbons (Fsp3) is 0.167. The van der Waals surface area contributed by atoms with E-state index in [1.807, 2.05) is 60.7 Å². The molecule has 1 atom stereocenters. The van der Waals surface area contributed by atoms with E-state index in [1.54, 1.807) is 24.3 Å². The Hall–Kier alpha value is -3.78. The van der Waals surface area contributed by atoms with Crippen LogP contribution >= 0.6 is 12.2 Å². The standard InChI is InChI=1S/C24H22N4O3S/c1-31-21-12-10-18(11-13-21)22-15-23(19-8-5-9-20(14-19)28(29)30)27(26-22)24(32)25-16-17-6-3-2-4-7-17/h2-14,23H,15-16H2,1H3,(H,25,32). The molecule has 0 amide bonds. The minimum Gasteiger partial charge on any atom is -0.497 e. The second-order valence-electron chi connectivity index (χ2n) is 7.34. The number of hydrogen-bond acceptors (Lipinski definition) is 5. The van der Waals surface area contributed by atoms with Crippen LogP contribution in [0.2, 0.25) is 0 Å². The molecule has 0 fully saturated rings. The van der Waals surface area contributed by atoms with E-state index in [0.29, 0.717) is 18.1 Å². The fourth-order valence-electron chi connectivity index (χ4n) is 3.62. The van der Waals surface area contributed by atoms with E-state index in [9.17, 15) is 10.1 Å². The number of methoxy groups -OCH3 is 1. The van der Waals surface area contributed by atoms with Crippen molar-refractivity contribution < 1.29 is 9.66 Å². The van der Waals surface area contributed by atoms with Crippen molar-refractivity contribution in [1.82, 2.24) is 10.3 Å². The average Bonchev–Trinajstić information content (AvgIpc) is 3.29. The minimum atomic E-state index is -0.389. The summed E-state index contributed by atoms with van der Waals surface area (Å²) in [5.74, 6) is 0.763. The van der Waals surface area contributed by atoms with Crippen LogP contribution in [0.5, 0.6) is 5.75 Å². The Kier molecular flexibility index (Phi) is 6.42. The third-order valence-electron chi connectivity index (χ3n) is 5.29. The summed E-state index contributed by atoms with van der Waals surface area (Å²) in [6, 6.07) is 24.0. The molecule has 4 rings (SSSR count). The van der Waals surface area contributed by atoms with Gasteiger partial charge in [0.2, 0.25) is 0 Å². The highest BCUT2D eigenvalue weighted by atomic mass is 32.1. The van der Waals surface area contributed by atoms with Crippen molar-refractivity contribution in [2.24, 2.45) is 5.10 Å². The van der Waals surface area contributed by atoms with Gasteiger partial charge in [-0.1, -0.05) is 42.5 Å². The van der Waals surface area contributed by atoms with Gasteiger partial charge in [0.15, 0.2) is 5.11 Å². The third-order valence-corrected chi connectivity index (χ3v) is 5.63. The molecule has 1 heterocycles. The average molecular weight is 447 g/mol. The van der Waals surface area contributed by atoms with Crippen LogP contribution in [0.15, 0.2) is 84.0 Å². The number of nitrogens with zero attached hydrogens (tertiary/aromatic N) is 3. The first-order valence-corrected chi connectivity index (χ1v) is 10.5. The maximum absolute atomic E-state index is 11.3. The molecule has 0 saturated carbocycles. The van der Waals surface area contributed by atoms with Crippen LogP contribution in [0, 0.1) is 10.1 Å². The summed E-state index contributed by atoms with van der Waals surface area (Å²) in [5.41, 5.74) is 3.74. The fourth-order valence-corrected chi connectivity index (χ4v) is 3.86. The van der Waals surface area contributed by atoms with E-state index >= 15 is 0 Å². The van der Waals surface area contributed by atoms with E-state index in [0.717, 1.165) is 28.2 Å². The lowest BCUT2D eigenvalue weighted by Gasteiger charge is -2.24. The molecule has 0 radical (unpaired) electrons. The number of rotatable bonds is 6. The number of non-ortho nitro benzene ring substituents is 1. The Morgan fingerprint density at radius 3 is 2.59 bits per heavy atom. The van der Waals surface area contributed by atoms with Crippen molar-refractivity contribution in [3.63, 3.8) is 0 Å². The van der Waals surface area contributed by atoms with Gasteiger partial charge in [-0.15, -0.1) is 0 Å². The maximum Gasteiger partial charge on any atom is 0.269 e. The summed E-state index contributed by atoms with van der Waals surface area (Å²) < 4.78 is 5.25. The molecule has 8 heteroatoms. The second-order valence-corrected chi connectivity index (χ2v) is 7.72. The zero-order chi connectivity index (χ0) is 22.5. The Bertz CT molecular complexity index is 1150. The summed E-state index contributed by atoms with van der Waals surface area (Å²) in [6.45, 7) is 0.561. The quantitative estimate of drug-likeness (QED) is 0.332. The third kappa shape index (κ3) is 4.76. The molecule has 0 saturated heterocycles. The predicted molar refractivity (Wildman–Crippen MR) is 128 cm³/mol. The number of hydrogen-bond donors (Lipinski definition) is 1. The van der Waals surface area contributed by atoms with E-state index in [4.69, 9.17) is 22.1 Å². The van der Waals surface area contributed by atoms with Crippen molar-refractivity contribution in [3.8, 4) is 5.75 Å². The number of hydrazone groups is 1. The molecular formula is C24H22N4O3S. The van der Waals surface area contributed by atoms with Crippen LogP contribution in [0.3, 0.4) is 0 Å². The summed E-state index contributed by atoms with van der Waals surface area (Å²) in [6.07, 6.45) is 0.570. The van der Waals surface area contributed by atoms with Gasteiger partial charge in [0, 0.05) is 25.1 Å². The number of benzene rings is 3. The normalized spacial score (nSPS) is 15.2. The Morgan fingerprint density at radius 2 is 1.91 bits per heavy atom. The maximum atomic E-state index is 11.3. The molecule has 1 aliphatic heterocycles. The van der Waals surface area contributed by atoms with E-state index < -0.39 is 0 Å². The molecular weight excluding hydrogens is 424 g/mol. The zero-order valence-corrected chi connectivity index (χ0v) is 18.3. The van der Waals surface area contributed by atoms with E-state index in [-0.39, 0.29) is 16.7 Å². The SMILES string of the molecule is COc1ccc(C2=NN(C(=S)NCc3ccccc3)C(c3cccc([N+](=O)[O-])c3)C2)cc1. The molecule has 1 aliphatic rings. The van der Waals surface area contributed by atoms with E-state index in [2.05, 4.69) is 5.32 Å². The summed E-state index contributed by atoms with van der Waals surface area (Å²) in [4.78, 5) is 10.9. The van der Waals surface area contributed by atoms with Gasteiger partial charge in [-0.2, -0.15) is 5.10 Å². The van der Waals surface area contributed by atoms with Crippen molar-refractivity contribution in [1.29, 1.82) is 0 Å². The van der Waals surface area contributed by atoms with Crippen LogP contribution in [0.25, 0.3) is 0 Å². The molecule has 162 valence electrons. The van der Waals surface area contributed by atoms with Gasteiger partial charge in [0.1, 0.15) is 5.75 Å². The zero-order valence-electron chi connectivity index (χ0n) is 17.5. The summed E-state index contributed by atoms with van der Waals surface area (Å²) in [7, 11) is 1.62. The molecule has 7 nitrogen and oxygen atoms in total. The van der Waals surface area contributed by atoms with Gasteiger partial charge in [-0.3, -0.25) is 10.1 Å². The lowest BCUT2D eigenvalue weighted by Crippen LogP contribution is -2.36. The first-order chi connectivity index (χ1) is 15.5. The number of nitrogens with one attached hydrogen (secondary N) is 1. The Labute approximate surface area is 191 Å². The van der Waals surface area contributed by atoms with Crippen LogP contribution in [-0.4, -0.2) is 27.9 Å². The summed E-state index contributed by atoms with van der Waals surface area (Å²) >= 11 is 5.67. The molecule has 1 unspecified atom stereocenters. The highest BCUT2D eigenvalue weighted by molar-refractivity contribution is 7.80. The number of nitro benzene ring substituents is 1. The van der Waals surface area contributed by atoms with Gasteiger partial charge < -0.3 is 10.1 Å². The summed E-state index contributed by atoms with van der Waals surface area (Å²) in [5, 5.41) is 21.6. The largest absolute Gasteiger partial charge is 0.497 e. The molecule has 0 spiro atoms. The van der Waals surface area contributed by atoms with E-state index in [1.165, 1.54) is 6.07 Å². The first kappa shape index (κ1) is 21.5. The Balaban J connectivity index is 1.62. The lowest BCUT2D eigenvalue weighted by atomic mass is 9.98. The molecule has 32 heavy (non-hydrogen) atoms. The van der Waals surface area contributed by atoms with Crippen LogP contribution in [-0.2, 0) is 6.54 Å². The van der Waals surface area contributed by atoms with Gasteiger partial charge in [-0.05, 0) is 53.2 Å². The van der Waals surface area contributed by atoms with Gasteiger partial charge >= 0.3 is 0 Å². The predicted octanol–water partition coefficient (Wildman–Crippen LogP) is 4.83. The van der Waals surface area contributed by atoms with Gasteiger partial charge in [0.25, 0.3) is 5.69 Å². The number of thiocarbonyl (C=S) groups is 1. The molecule has 0 bridgehead atoms. The number of nitro groups is 1. The molecule has 0 aliphatic carbocycles. The molecule has 3 aromatic carbocycles. The van der Waals surface area contributed by atoms with Crippen LogP contribution < -0.4 is 10.1 Å². The van der Waals surface area contributed by atoms with Crippen molar-refractivity contribution in [3.05, 3.63) is 106 Å². The topological polar surface area (TPSA) is 80.0 Å². The van der Waals surface area contributed by atoms with Crippen LogP contribution in [0.1, 0.15) is 29.2 Å².